The van der Waals surface area contributed by atoms with Crippen LogP contribution in [-0.2, 0) is 4.79 Å². The molecule has 10 heteroatoms. The predicted molar refractivity (Wildman–Crippen MR) is 112 cm³/mol. The molecule has 2 heterocycles. The largest absolute Gasteiger partial charge is 0.475 e. The summed E-state index contributed by atoms with van der Waals surface area (Å²) in [6.07, 6.45) is -0.871. The van der Waals surface area contributed by atoms with Gasteiger partial charge in [-0.15, -0.1) is 11.3 Å². The maximum absolute atomic E-state index is 12.6. The molecule has 2 rings (SSSR count). The number of nitrogens with zero attached hydrogens (tertiary/aromatic N) is 1. The van der Waals surface area contributed by atoms with E-state index < -0.39 is 37.0 Å². The minimum absolute atomic E-state index is 0.103. The molecule has 5 N–H and O–H groups in total. The zero-order valence-electron chi connectivity index (χ0n) is 16.6. The Balaban J connectivity index is 2.12. The summed E-state index contributed by atoms with van der Waals surface area (Å²) >= 11 is 1.49. The van der Waals surface area contributed by atoms with Crippen molar-refractivity contribution in [1.82, 2.24) is 15.6 Å². The SMILES string of the molecule is CC(C)C[C@H](NC(=O)[C@@H](NC(=O)c1cccc(-c2cccs2)n1)[C@@H](C)O)B(O)O. The molecule has 0 aromatic carbocycles. The van der Waals surface area contributed by atoms with Crippen molar-refractivity contribution in [1.29, 1.82) is 0 Å². The summed E-state index contributed by atoms with van der Waals surface area (Å²) in [6.45, 7) is 5.12. The van der Waals surface area contributed by atoms with Crippen molar-refractivity contribution in [3.63, 3.8) is 0 Å². The first-order valence-corrected chi connectivity index (χ1v) is 10.2. The molecule has 2 aromatic heterocycles. The third kappa shape index (κ3) is 6.64. The number of aliphatic hydroxyl groups is 1. The number of carbonyl (C=O) groups excluding carboxylic acids is 2. The van der Waals surface area contributed by atoms with Crippen LogP contribution < -0.4 is 10.6 Å². The van der Waals surface area contributed by atoms with Crippen LogP contribution in [0.15, 0.2) is 35.7 Å². The molecule has 0 unspecified atom stereocenters. The first-order valence-electron chi connectivity index (χ1n) is 9.35. The highest BCUT2D eigenvalue weighted by molar-refractivity contribution is 7.13. The van der Waals surface area contributed by atoms with E-state index in [4.69, 9.17) is 0 Å². The molecule has 0 fully saturated rings. The first kappa shape index (κ1) is 23.0. The molecular weight excluding hydrogens is 393 g/mol. The summed E-state index contributed by atoms with van der Waals surface area (Å²) < 4.78 is 0. The second-order valence-electron chi connectivity index (χ2n) is 7.24. The van der Waals surface area contributed by atoms with Crippen LogP contribution in [0, 0.1) is 5.92 Å². The normalized spacial score (nSPS) is 14.2. The van der Waals surface area contributed by atoms with Crippen LogP contribution >= 0.6 is 11.3 Å². The maximum atomic E-state index is 12.6. The second-order valence-corrected chi connectivity index (χ2v) is 8.18. The smallest absolute Gasteiger partial charge is 0.426 e. The maximum Gasteiger partial charge on any atom is 0.475 e. The summed E-state index contributed by atoms with van der Waals surface area (Å²) in [5.41, 5.74) is 0.737. The Hall–Kier alpha value is -2.27. The highest BCUT2D eigenvalue weighted by Crippen LogP contribution is 2.22. The Labute approximate surface area is 174 Å². The molecule has 0 aliphatic carbocycles. The van der Waals surface area contributed by atoms with Crippen LogP contribution in [-0.4, -0.2) is 57.2 Å². The van der Waals surface area contributed by atoms with E-state index in [2.05, 4.69) is 15.6 Å². The van der Waals surface area contributed by atoms with Gasteiger partial charge < -0.3 is 25.8 Å². The van der Waals surface area contributed by atoms with Crippen molar-refractivity contribution in [2.75, 3.05) is 0 Å². The van der Waals surface area contributed by atoms with Crippen molar-refractivity contribution >= 4 is 30.3 Å². The molecule has 156 valence electrons. The van der Waals surface area contributed by atoms with Crippen LogP contribution in [0.3, 0.4) is 0 Å². The van der Waals surface area contributed by atoms with E-state index in [1.165, 1.54) is 24.3 Å². The highest BCUT2D eigenvalue weighted by atomic mass is 32.1. The van der Waals surface area contributed by atoms with Gasteiger partial charge in [0.15, 0.2) is 0 Å². The number of aromatic nitrogens is 1. The Bertz CT molecular complexity index is 814. The number of nitrogens with one attached hydrogen (secondary N) is 2. The lowest BCUT2D eigenvalue weighted by Crippen LogP contribution is -2.57. The molecule has 3 atom stereocenters. The topological polar surface area (TPSA) is 132 Å². The monoisotopic (exact) mass is 419 g/mol. The average Bonchev–Trinajstić information content (AvgIpc) is 3.19. The Morgan fingerprint density at radius 2 is 1.86 bits per heavy atom. The first-order chi connectivity index (χ1) is 13.7. The Kier molecular flexibility index (Phi) is 8.33. The summed E-state index contributed by atoms with van der Waals surface area (Å²) in [6, 6.07) is 7.47. The van der Waals surface area contributed by atoms with Crippen LogP contribution in [0.1, 0.15) is 37.7 Å². The molecule has 29 heavy (non-hydrogen) atoms. The Morgan fingerprint density at radius 3 is 2.41 bits per heavy atom. The lowest BCUT2D eigenvalue weighted by Gasteiger charge is -2.25. The van der Waals surface area contributed by atoms with Crippen LogP contribution in [0.2, 0.25) is 0 Å². The molecule has 0 spiro atoms. The summed E-state index contributed by atoms with van der Waals surface area (Å²) in [7, 11) is -1.75. The lowest BCUT2D eigenvalue weighted by molar-refractivity contribution is -0.125. The van der Waals surface area contributed by atoms with Crippen molar-refractivity contribution in [3.8, 4) is 10.6 Å². The van der Waals surface area contributed by atoms with Crippen molar-refractivity contribution < 1.29 is 24.7 Å². The lowest BCUT2D eigenvalue weighted by atomic mass is 9.75. The molecule has 0 radical (unpaired) electrons. The number of rotatable bonds is 9. The molecule has 0 aliphatic rings. The summed E-state index contributed by atoms with van der Waals surface area (Å²) in [4.78, 5) is 30.4. The number of hydrogen-bond acceptors (Lipinski definition) is 7. The van der Waals surface area contributed by atoms with E-state index >= 15 is 0 Å². The zero-order valence-corrected chi connectivity index (χ0v) is 17.4. The zero-order chi connectivity index (χ0) is 21.6. The van der Waals surface area contributed by atoms with E-state index in [-0.39, 0.29) is 11.6 Å². The minimum atomic E-state index is -1.75. The molecule has 8 nitrogen and oxygen atoms in total. The van der Waals surface area contributed by atoms with E-state index in [9.17, 15) is 24.7 Å². The average molecular weight is 419 g/mol. The summed E-state index contributed by atoms with van der Waals surface area (Å²) in [5, 5.41) is 35.9. The Morgan fingerprint density at radius 1 is 1.14 bits per heavy atom. The highest BCUT2D eigenvalue weighted by Gasteiger charge is 2.32. The minimum Gasteiger partial charge on any atom is -0.426 e. The van der Waals surface area contributed by atoms with Gasteiger partial charge in [-0.05, 0) is 42.8 Å². The fourth-order valence-corrected chi connectivity index (χ4v) is 3.47. The third-order valence-corrected chi connectivity index (χ3v) is 5.11. The van der Waals surface area contributed by atoms with Gasteiger partial charge in [-0.3, -0.25) is 9.59 Å². The number of pyridine rings is 1. The van der Waals surface area contributed by atoms with Gasteiger partial charge in [-0.25, -0.2) is 4.98 Å². The summed E-state index contributed by atoms with van der Waals surface area (Å²) in [5.74, 6) is -2.14. The van der Waals surface area contributed by atoms with Gasteiger partial charge in [-0.1, -0.05) is 26.0 Å². The predicted octanol–water partition coefficient (Wildman–Crippen LogP) is 0.832. The van der Waals surface area contributed by atoms with Gasteiger partial charge >= 0.3 is 7.12 Å². The number of aliphatic hydroxyl groups excluding tert-OH is 1. The quantitative estimate of drug-likeness (QED) is 0.383. The van der Waals surface area contributed by atoms with E-state index in [1.54, 1.807) is 12.1 Å². The number of thiophene rings is 1. The van der Waals surface area contributed by atoms with Crippen LogP contribution in [0.5, 0.6) is 0 Å². The fraction of sp³-hybridized carbons (Fsp3) is 0.421. The van der Waals surface area contributed by atoms with Crippen molar-refractivity contribution in [3.05, 3.63) is 41.4 Å². The van der Waals surface area contributed by atoms with Gasteiger partial charge in [0.05, 0.1) is 22.6 Å². The van der Waals surface area contributed by atoms with Gasteiger partial charge in [0.25, 0.3) is 5.91 Å². The number of carbonyl (C=O) groups is 2. The van der Waals surface area contributed by atoms with Gasteiger partial charge in [0, 0.05) is 0 Å². The molecular formula is C19H26BN3O5S. The molecule has 0 saturated carbocycles. The molecule has 0 saturated heterocycles. The second kappa shape index (κ2) is 10.5. The molecule has 2 aromatic rings. The molecule has 2 amide bonds. The van der Waals surface area contributed by atoms with Crippen molar-refractivity contribution in [2.24, 2.45) is 5.92 Å². The standard InChI is InChI=1S/C19H26BN3O5S/c1-11(2)10-16(20(27)28)22-19(26)17(12(3)24)23-18(25)14-7-4-6-13(21-14)15-8-5-9-29-15/h4-9,11-12,16-17,24,27-28H,10H2,1-3H3,(H,22,26)(H,23,25)/t12-,16+,17+/m1/s1. The van der Waals surface area contributed by atoms with Crippen LogP contribution in [0.25, 0.3) is 10.6 Å². The molecule has 0 aliphatic heterocycles. The van der Waals surface area contributed by atoms with Gasteiger partial charge in [0.2, 0.25) is 5.91 Å². The van der Waals surface area contributed by atoms with Gasteiger partial charge in [-0.2, -0.15) is 0 Å². The third-order valence-electron chi connectivity index (χ3n) is 4.22. The van der Waals surface area contributed by atoms with E-state index in [0.29, 0.717) is 12.1 Å². The van der Waals surface area contributed by atoms with E-state index in [0.717, 1.165) is 4.88 Å². The van der Waals surface area contributed by atoms with Crippen LogP contribution in [0.4, 0.5) is 0 Å². The molecule has 0 bridgehead atoms. The number of amides is 2. The fourth-order valence-electron chi connectivity index (χ4n) is 2.78. The van der Waals surface area contributed by atoms with Crippen molar-refractivity contribution in [2.45, 2.75) is 45.3 Å². The van der Waals surface area contributed by atoms with Gasteiger partial charge in [0.1, 0.15) is 11.7 Å². The van der Waals surface area contributed by atoms with E-state index in [1.807, 2.05) is 31.4 Å². The number of hydrogen-bond donors (Lipinski definition) is 5.